The molecule has 0 aliphatic carbocycles. The van der Waals surface area contributed by atoms with Gasteiger partial charge in [0.25, 0.3) is 5.91 Å². The predicted octanol–water partition coefficient (Wildman–Crippen LogP) is 3.99. The first kappa shape index (κ1) is 21.1. The quantitative estimate of drug-likeness (QED) is 0.618. The van der Waals surface area contributed by atoms with Crippen LogP contribution in [0.5, 0.6) is 0 Å². The molecule has 1 aromatic carbocycles. The van der Waals surface area contributed by atoms with E-state index >= 15 is 0 Å². The molecule has 0 bridgehead atoms. The van der Waals surface area contributed by atoms with Crippen LogP contribution in [0.1, 0.15) is 31.4 Å². The Kier molecular flexibility index (Phi) is 8.49. The van der Waals surface area contributed by atoms with E-state index in [0.29, 0.717) is 0 Å². The summed E-state index contributed by atoms with van der Waals surface area (Å²) < 4.78 is 5.55. The van der Waals surface area contributed by atoms with Crippen molar-refractivity contribution < 1.29 is 9.53 Å². The van der Waals surface area contributed by atoms with Crippen molar-refractivity contribution in [1.29, 1.82) is 0 Å². The second-order valence-electron chi connectivity index (χ2n) is 6.96. The maximum Gasteiger partial charge on any atom is 0.256 e. The molecule has 0 spiro atoms. The molecule has 1 heterocycles. The van der Waals surface area contributed by atoms with Gasteiger partial charge >= 0.3 is 0 Å². The minimum atomic E-state index is -0.607. The smallest absolute Gasteiger partial charge is 0.256 e. The summed E-state index contributed by atoms with van der Waals surface area (Å²) in [5.74, 6) is -0.0477. The summed E-state index contributed by atoms with van der Waals surface area (Å²) in [5, 5.41) is 0. The van der Waals surface area contributed by atoms with Gasteiger partial charge in [-0.15, -0.1) is 0 Å². The number of hydrogen-bond donors (Lipinski definition) is 0. The maximum absolute atomic E-state index is 13.2. The number of ether oxygens (including phenoxy) is 1. The second-order valence-corrected chi connectivity index (χ2v) is 6.96. The minimum Gasteiger partial charge on any atom is -0.367 e. The summed E-state index contributed by atoms with van der Waals surface area (Å²) in [6.45, 7) is 9.19. The van der Waals surface area contributed by atoms with Crippen molar-refractivity contribution in [3.05, 3.63) is 72.4 Å². The Labute approximate surface area is 163 Å². The van der Waals surface area contributed by atoms with Crippen molar-refractivity contribution in [3.63, 3.8) is 0 Å². The molecule has 1 unspecified atom stereocenters. The van der Waals surface area contributed by atoms with Gasteiger partial charge in [-0.3, -0.25) is 4.79 Å². The lowest BCUT2D eigenvalue weighted by Crippen LogP contribution is -2.46. The minimum absolute atomic E-state index is 0.0477. The summed E-state index contributed by atoms with van der Waals surface area (Å²) >= 11 is 0. The third kappa shape index (κ3) is 5.91. The SMILES string of the molecule is C=C(/C=C\C=C/C)[C@@H](CN1CCCC1)N(C)C(=O)C(OC)c1ccccc1. The van der Waals surface area contributed by atoms with E-state index in [2.05, 4.69) is 11.5 Å². The molecule has 1 aliphatic heterocycles. The predicted molar refractivity (Wildman–Crippen MR) is 112 cm³/mol. The number of allylic oxidation sites excluding steroid dienone is 3. The first-order valence-electron chi connectivity index (χ1n) is 9.63. The van der Waals surface area contributed by atoms with Crippen LogP contribution < -0.4 is 0 Å². The molecule has 0 radical (unpaired) electrons. The lowest BCUT2D eigenvalue weighted by molar-refractivity contribution is -0.142. The van der Waals surface area contributed by atoms with Gasteiger partial charge in [0.15, 0.2) is 6.10 Å². The standard InChI is InChI=1S/C23H32N2O2/c1-5-6-8-13-19(2)21(18-25-16-11-12-17-25)24(3)23(26)22(27-4)20-14-9-7-10-15-20/h5-10,13-15,21-22H,2,11-12,16-18H2,1,3-4H3/b6-5-,13-8-/t21-,22?/m1/s1. The molecule has 4 heteroatoms. The van der Waals surface area contributed by atoms with Crippen molar-refractivity contribution in [1.82, 2.24) is 9.80 Å². The van der Waals surface area contributed by atoms with E-state index in [-0.39, 0.29) is 11.9 Å². The van der Waals surface area contributed by atoms with Gasteiger partial charge in [0.05, 0.1) is 6.04 Å². The summed E-state index contributed by atoms with van der Waals surface area (Å²) in [6.07, 6.45) is 9.75. The third-order valence-corrected chi connectivity index (χ3v) is 5.05. The molecular formula is C23H32N2O2. The zero-order chi connectivity index (χ0) is 19.6. The first-order chi connectivity index (χ1) is 13.1. The van der Waals surface area contributed by atoms with Gasteiger partial charge in [0.1, 0.15) is 0 Å². The van der Waals surface area contributed by atoms with Crippen LogP contribution in [0.3, 0.4) is 0 Å². The van der Waals surface area contributed by atoms with Crippen LogP contribution in [-0.4, -0.2) is 55.5 Å². The molecule has 27 heavy (non-hydrogen) atoms. The zero-order valence-corrected chi connectivity index (χ0v) is 16.8. The number of benzene rings is 1. The molecule has 2 atom stereocenters. The van der Waals surface area contributed by atoms with E-state index < -0.39 is 6.10 Å². The fourth-order valence-electron chi connectivity index (χ4n) is 3.45. The highest BCUT2D eigenvalue weighted by molar-refractivity contribution is 5.82. The van der Waals surface area contributed by atoms with Gasteiger partial charge in [0, 0.05) is 20.7 Å². The van der Waals surface area contributed by atoms with Crippen molar-refractivity contribution in [3.8, 4) is 0 Å². The van der Waals surface area contributed by atoms with Gasteiger partial charge in [-0.25, -0.2) is 0 Å². The third-order valence-electron chi connectivity index (χ3n) is 5.05. The molecule has 1 amide bonds. The number of hydrogen-bond acceptors (Lipinski definition) is 3. The number of methoxy groups -OCH3 is 1. The molecule has 4 nitrogen and oxygen atoms in total. The molecule has 2 rings (SSSR count). The van der Waals surface area contributed by atoms with Crippen LogP contribution in [0, 0.1) is 0 Å². The fourth-order valence-corrected chi connectivity index (χ4v) is 3.45. The van der Waals surface area contributed by atoms with E-state index in [9.17, 15) is 4.79 Å². The molecule has 146 valence electrons. The Morgan fingerprint density at radius 3 is 2.52 bits per heavy atom. The van der Waals surface area contributed by atoms with Crippen molar-refractivity contribution in [2.75, 3.05) is 33.8 Å². The largest absolute Gasteiger partial charge is 0.367 e. The number of likely N-dealkylation sites (tertiary alicyclic amines) is 1. The lowest BCUT2D eigenvalue weighted by Gasteiger charge is -2.34. The van der Waals surface area contributed by atoms with Crippen molar-refractivity contribution in [2.45, 2.75) is 31.9 Å². The highest BCUT2D eigenvalue weighted by Gasteiger charge is 2.30. The van der Waals surface area contributed by atoms with Crippen LogP contribution in [0.15, 0.2) is 66.8 Å². The number of nitrogens with zero attached hydrogens (tertiary/aromatic N) is 2. The Morgan fingerprint density at radius 1 is 1.26 bits per heavy atom. The van der Waals surface area contributed by atoms with E-state index in [1.54, 1.807) is 12.0 Å². The molecule has 1 aromatic rings. The normalized spacial score (nSPS) is 17.4. The fraction of sp³-hybridized carbons (Fsp3) is 0.435. The van der Waals surface area contributed by atoms with Gasteiger partial charge in [-0.1, -0.05) is 61.2 Å². The van der Waals surface area contributed by atoms with E-state index in [1.807, 2.05) is 68.6 Å². The number of amides is 1. The molecule has 1 fully saturated rings. The van der Waals surface area contributed by atoms with Gasteiger partial charge in [0.2, 0.25) is 0 Å². The van der Waals surface area contributed by atoms with Crippen LogP contribution >= 0.6 is 0 Å². The Balaban J connectivity index is 2.20. The van der Waals surface area contributed by atoms with Gasteiger partial charge in [-0.05, 0) is 44.0 Å². The molecule has 0 saturated carbocycles. The Bertz CT molecular complexity index is 660. The second kappa shape index (κ2) is 10.9. The van der Waals surface area contributed by atoms with Crippen LogP contribution in [0.25, 0.3) is 0 Å². The van der Waals surface area contributed by atoms with E-state index in [1.165, 1.54) is 12.8 Å². The highest BCUT2D eigenvalue weighted by Crippen LogP contribution is 2.23. The molecule has 0 N–H and O–H groups in total. The van der Waals surface area contributed by atoms with Gasteiger partial charge in [-0.2, -0.15) is 0 Å². The molecule has 1 saturated heterocycles. The maximum atomic E-state index is 13.2. The average Bonchev–Trinajstić information content (AvgIpc) is 3.20. The van der Waals surface area contributed by atoms with Crippen LogP contribution in [0.4, 0.5) is 0 Å². The number of rotatable bonds is 9. The topological polar surface area (TPSA) is 32.8 Å². The van der Waals surface area contributed by atoms with E-state index in [0.717, 1.165) is 30.8 Å². The summed E-state index contributed by atoms with van der Waals surface area (Å²) in [5.41, 5.74) is 1.80. The van der Waals surface area contributed by atoms with Crippen LogP contribution in [0.2, 0.25) is 0 Å². The zero-order valence-electron chi connectivity index (χ0n) is 16.8. The number of likely N-dealkylation sites (N-methyl/N-ethyl adjacent to an activating group) is 1. The Morgan fingerprint density at radius 2 is 1.93 bits per heavy atom. The monoisotopic (exact) mass is 368 g/mol. The average molecular weight is 369 g/mol. The molecular weight excluding hydrogens is 336 g/mol. The highest BCUT2D eigenvalue weighted by atomic mass is 16.5. The van der Waals surface area contributed by atoms with Crippen molar-refractivity contribution >= 4 is 5.91 Å². The van der Waals surface area contributed by atoms with Crippen LogP contribution in [-0.2, 0) is 9.53 Å². The van der Waals surface area contributed by atoms with E-state index in [4.69, 9.17) is 4.74 Å². The summed E-state index contributed by atoms with van der Waals surface area (Å²) in [7, 11) is 3.44. The first-order valence-corrected chi connectivity index (χ1v) is 9.63. The summed E-state index contributed by atoms with van der Waals surface area (Å²) in [6, 6.07) is 9.56. The number of carbonyl (C=O) groups excluding carboxylic acids is 1. The summed E-state index contributed by atoms with van der Waals surface area (Å²) in [4.78, 5) is 17.4. The lowest BCUT2D eigenvalue weighted by atomic mass is 10.0. The van der Waals surface area contributed by atoms with Crippen molar-refractivity contribution in [2.24, 2.45) is 0 Å². The Hall–Kier alpha value is -2.17. The van der Waals surface area contributed by atoms with Gasteiger partial charge < -0.3 is 14.5 Å². The molecule has 0 aromatic heterocycles. The number of carbonyl (C=O) groups is 1. The molecule has 1 aliphatic rings.